The van der Waals surface area contributed by atoms with Crippen LogP contribution in [0, 0.1) is 0 Å². The smallest absolute Gasteiger partial charge is 0.197 e. The number of nitrogens with two attached hydrogens (primary N) is 1. The minimum atomic E-state index is 0.447. The van der Waals surface area contributed by atoms with Gasteiger partial charge >= 0.3 is 0 Å². The Balaban J connectivity index is 1.84. The molecule has 108 valence electrons. The molecule has 0 aliphatic heterocycles. The minimum absolute atomic E-state index is 0.447. The number of nitrogen functional groups attached to an aromatic ring is 1. The minimum Gasteiger partial charge on any atom is -0.487 e. The summed E-state index contributed by atoms with van der Waals surface area (Å²) in [5, 5.41) is 6.75. The van der Waals surface area contributed by atoms with Crippen LogP contribution in [0.2, 0.25) is 0 Å². The van der Waals surface area contributed by atoms with E-state index >= 15 is 0 Å². The molecule has 4 nitrogen and oxygen atoms in total. The highest BCUT2D eigenvalue weighted by Crippen LogP contribution is 2.35. The van der Waals surface area contributed by atoms with Gasteiger partial charge in [-0.2, -0.15) is 4.37 Å². The molecule has 0 spiro atoms. The first-order chi connectivity index (χ1) is 10.3. The molecule has 1 heterocycles. The van der Waals surface area contributed by atoms with Crippen molar-refractivity contribution in [1.82, 2.24) is 4.37 Å². The van der Waals surface area contributed by atoms with Gasteiger partial charge in [-0.3, -0.25) is 0 Å². The second kappa shape index (κ2) is 6.01. The standard InChI is InChI=1S/C16H17N3OS/c1-2-20-14-15(17)19-21-16(14)18-10-12-8-5-7-11-6-3-4-9-13(11)12/h3-9,18H,2,10H2,1H3,(H2,17,19). The van der Waals surface area contributed by atoms with Crippen molar-refractivity contribution in [3.8, 4) is 5.75 Å². The molecule has 0 saturated carbocycles. The Hall–Kier alpha value is -2.27. The second-order valence-corrected chi connectivity index (χ2v) is 5.42. The summed E-state index contributed by atoms with van der Waals surface area (Å²) >= 11 is 1.33. The van der Waals surface area contributed by atoms with Crippen molar-refractivity contribution >= 4 is 33.1 Å². The van der Waals surface area contributed by atoms with Gasteiger partial charge in [0.2, 0.25) is 0 Å². The van der Waals surface area contributed by atoms with E-state index in [4.69, 9.17) is 10.5 Å². The van der Waals surface area contributed by atoms with E-state index in [1.807, 2.05) is 6.92 Å². The number of ether oxygens (including phenoxy) is 1. The van der Waals surface area contributed by atoms with Crippen LogP contribution in [0.1, 0.15) is 12.5 Å². The van der Waals surface area contributed by atoms with E-state index in [-0.39, 0.29) is 0 Å². The van der Waals surface area contributed by atoms with E-state index in [1.165, 1.54) is 27.9 Å². The van der Waals surface area contributed by atoms with E-state index in [9.17, 15) is 0 Å². The molecule has 2 aromatic carbocycles. The van der Waals surface area contributed by atoms with Crippen LogP contribution in [0.15, 0.2) is 42.5 Å². The number of nitrogens with zero attached hydrogens (tertiary/aromatic N) is 1. The zero-order valence-corrected chi connectivity index (χ0v) is 12.6. The summed E-state index contributed by atoms with van der Waals surface area (Å²) in [5.74, 6) is 1.10. The largest absolute Gasteiger partial charge is 0.487 e. The van der Waals surface area contributed by atoms with Gasteiger partial charge in [-0.1, -0.05) is 42.5 Å². The number of aromatic nitrogens is 1. The van der Waals surface area contributed by atoms with Gasteiger partial charge in [0.15, 0.2) is 16.6 Å². The van der Waals surface area contributed by atoms with Gasteiger partial charge < -0.3 is 15.8 Å². The Labute approximate surface area is 127 Å². The predicted octanol–water partition coefficient (Wildman–Crippen LogP) is 3.89. The third-order valence-electron chi connectivity index (χ3n) is 3.28. The van der Waals surface area contributed by atoms with Crippen LogP contribution in [-0.2, 0) is 6.54 Å². The lowest BCUT2D eigenvalue weighted by Crippen LogP contribution is -2.02. The van der Waals surface area contributed by atoms with E-state index in [0.29, 0.717) is 24.7 Å². The highest BCUT2D eigenvalue weighted by Gasteiger charge is 2.12. The molecule has 3 N–H and O–H groups in total. The molecule has 1 aromatic heterocycles. The first-order valence-electron chi connectivity index (χ1n) is 6.88. The Kier molecular flexibility index (Phi) is 3.92. The maximum atomic E-state index is 5.82. The van der Waals surface area contributed by atoms with Crippen molar-refractivity contribution in [3.63, 3.8) is 0 Å². The highest BCUT2D eigenvalue weighted by molar-refractivity contribution is 7.11. The fourth-order valence-corrected chi connectivity index (χ4v) is 2.97. The Morgan fingerprint density at radius 1 is 1.19 bits per heavy atom. The summed E-state index contributed by atoms with van der Waals surface area (Å²) in [6.45, 7) is 3.22. The van der Waals surface area contributed by atoms with Crippen molar-refractivity contribution in [2.24, 2.45) is 0 Å². The third kappa shape index (κ3) is 2.78. The quantitative estimate of drug-likeness (QED) is 0.750. The summed E-state index contributed by atoms with van der Waals surface area (Å²) < 4.78 is 9.69. The molecule has 0 amide bonds. The second-order valence-electron chi connectivity index (χ2n) is 4.65. The molecule has 0 bridgehead atoms. The molecular formula is C16H17N3OS. The summed E-state index contributed by atoms with van der Waals surface area (Å²) in [6, 6.07) is 14.7. The van der Waals surface area contributed by atoms with Crippen molar-refractivity contribution < 1.29 is 4.74 Å². The number of hydrogen-bond acceptors (Lipinski definition) is 5. The summed E-state index contributed by atoms with van der Waals surface area (Å²) in [6.07, 6.45) is 0. The molecule has 0 fully saturated rings. The molecule has 0 radical (unpaired) electrons. The molecule has 3 rings (SSSR count). The highest BCUT2D eigenvalue weighted by atomic mass is 32.1. The van der Waals surface area contributed by atoms with Gasteiger partial charge in [-0.25, -0.2) is 0 Å². The Morgan fingerprint density at radius 3 is 2.86 bits per heavy atom. The normalized spacial score (nSPS) is 10.7. The lowest BCUT2D eigenvalue weighted by atomic mass is 10.0. The summed E-state index contributed by atoms with van der Waals surface area (Å²) in [4.78, 5) is 0. The number of rotatable bonds is 5. The molecule has 0 aliphatic rings. The lowest BCUT2D eigenvalue weighted by Gasteiger charge is -2.09. The van der Waals surface area contributed by atoms with Crippen LogP contribution < -0.4 is 15.8 Å². The number of nitrogens with one attached hydrogen (secondary N) is 1. The van der Waals surface area contributed by atoms with Gasteiger partial charge in [0.25, 0.3) is 0 Å². The monoisotopic (exact) mass is 299 g/mol. The van der Waals surface area contributed by atoms with Crippen molar-refractivity contribution in [2.75, 3.05) is 17.7 Å². The third-order valence-corrected chi connectivity index (χ3v) is 4.08. The number of hydrogen-bond donors (Lipinski definition) is 2. The van der Waals surface area contributed by atoms with Gasteiger partial charge in [0, 0.05) is 6.54 Å². The molecular weight excluding hydrogens is 282 g/mol. The predicted molar refractivity (Wildman–Crippen MR) is 89.0 cm³/mol. The molecule has 5 heteroatoms. The Bertz CT molecular complexity index is 749. The molecule has 0 atom stereocenters. The van der Waals surface area contributed by atoms with Crippen molar-refractivity contribution in [2.45, 2.75) is 13.5 Å². The Morgan fingerprint density at radius 2 is 2.00 bits per heavy atom. The average Bonchev–Trinajstić information content (AvgIpc) is 2.86. The maximum Gasteiger partial charge on any atom is 0.197 e. The van der Waals surface area contributed by atoms with Crippen molar-refractivity contribution in [3.05, 3.63) is 48.0 Å². The van der Waals surface area contributed by atoms with Gasteiger partial charge in [-0.15, -0.1) is 0 Å². The van der Waals surface area contributed by atoms with Crippen LogP contribution in [0.4, 0.5) is 10.8 Å². The molecule has 0 aliphatic carbocycles. The van der Waals surface area contributed by atoms with Gasteiger partial charge in [0.05, 0.1) is 6.61 Å². The average molecular weight is 299 g/mol. The first-order valence-corrected chi connectivity index (χ1v) is 7.65. The molecule has 3 aromatic rings. The SMILES string of the molecule is CCOc1c(N)nsc1NCc1cccc2ccccc12. The van der Waals surface area contributed by atoms with Crippen LogP contribution in [0.3, 0.4) is 0 Å². The maximum absolute atomic E-state index is 5.82. The van der Waals surface area contributed by atoms with Crippen LogP contribution in [0.5, 0.6) is 5.75 Å². The lowest BCUT2D eigenvalue weighted by molar-refractivity contribution is 0.344. The number of fused-ring (bicyclic) bond motifs is 1. The molecule has 0 unspecified atom stereocenters. The van der Waals surface area contributed by atoms with Crippen molar-refractivity contribution in [1.29, 1.82) is 0 Å². The first kappa shape index (κ1) is 13.7. The summed E-state index contributed by atoms with van der Waals surface area (Å²) in [5.41, 5.74) is 7.06. The van der Waals surface area contributed by atoms with E-state index in [2.05, 4.69) is 52.2 Å². The van der Waals surface area contributed by atoms with Gasteiger partial charge in [-0.05, 0) is 34.8 Å². The zero-order chi connectivity index (χ0) is 14.7. The summed E-state index contributed by atoms with van der Waals surface area (Å²) in [7, 11) is 0. The molecule has 0 saturated heterocycles. The van der Waals surface area contributed by atoms with E-state index in [0.717, 1.165) is 5.00 Å². The number of anilines is 2. The fourth-order valence-electron chi connectivity index (χ4n) is 2.31. The van der Waals surface area contributed by atoms with Gasteiger partial charge in [0.1, 0.15) is 0 Å². The molecule has 21 heavy (non-hydrogen) atoms. The van der Waals surface area contributed by atoms with E-state index < -0.39 is 0 Å². The van der Waals surface area contributed by atoms with Crippen LogP contribution in [0.25, 0.3) is 10.8 Å². The van der Waals surface area contributed by atoms with Crippen LogP contribution >= 0.6 is 11.5 Å². The topological polar surface area (TPSA) is 60.2 Å². The fraction of sp³-hybridized carbons (Fsp3) is 0.188. The zero-order valence-electron chi connectivity index (χ0n) is 11.8. The van der Waals surface area contributed by atoms with Crippen LogP contribution in [-0.4, -0.2) is 11.0 Å². The number of benzene rings is 2. The van der Waals surface area contributed by atoms with E-state index in [1.54, 1.807) is 0 Å².